The van der Waals surface area contributed by atoms with E-state index in [1.807, 2.05) is 11.1 Å². The first-order chi connectivity index (χ1) is 7.45. The lowest BCUT2D eigenvalue weighted by Gasteiger charge is -2.15. The van der Waals surface area contributed by atoms with Gasteiger partial charge in [0.1, 0.15) is 0 Å². The summed E-state index contributed by atoms with van der Waals surface area (Å²) >= 11 is 0. The van der Waals surface area contributed by atoms with Crippen LogP contribution in [0.5, 0.6) is 0 Å². The van der Waals surface area contributed by atoms with E-state index in [0.717, 1.165) is 17.2 Å². The molecule has 74 valence electrons. The average Bonchev–Trinajstić information content (AvgIpc) is 2.74. The van der Waals surface area contributed by atoms with E-state index >= 15 is 0 Å². The molecule has 2 aromatic heterocycles. The van der Waals surface area contributed by atoms with E-state index in [9.17, 15) is 0 Å². The van der Waals surface area contributed by atoms with E-state index in [-0.39, 0.29) is 0 Å². The van der Waals surface area contributed by atoms with Crippen molar-refractivity contribution in [1.29, 1.82) is 0 Å². The molecule has 6 nitrogen and oxygen atoms in total. The summed E-state index contributed by atoms with van der Waals surface area (Å²) < 4.78 is 0. The third-order valence-corrected chi connectivity index (χ3v) is 2.12. The van der Waals surface area contributed by atoms with Crippen molar-refractivity contribution in [3.8, 4) is 0 Å². The zero-order valence-corrected chi connectivity index (χ0v) is 7.75. The summed E-state index contributed by atoms with van der Waals surface area (Å²) in [5.41, 5.74) is 7.87. The molecule has 0 bridgehead atoms. The Morgan fingerprint density at radius 3 is 2.87 bits per heavy atom. The number of hydrogen-bond acceptors (Lipinski definition) is 6. The minimum Gasteiger partial charge on any atom is -0.300 e. The lowest BCUT2D eigenvalue weighted by Crippen LogP contribution is -2.32. The minimum absolute atomic E-state index is 0.731. The highest BCUT2D eigenvalue weighted by Crippen LogP contribution is 2.31. The van der Waals surface area contributed by atoms with Gasteiger partial charge in [0, 0.05) is 18.6 Å². The Labute approximate surface area is 85.9 Å². The summed E-state index contributed by atoms with van der Waals surface area (Å²) in [4.78, 5) is 12.2. The van der Waals surface area contributed by atoms with Crippen LogP contribution in [-0.4, -0.2) is 15.0 Å². The molecular formula is C9H8N6. The highest BCUT2D eigenvalue weighted by atomic mass is 15.7. The number of fused-ring (bicyclic) bond motifs is 1. The lowest BCUT2D eigenvalue weighted by molar-refractivity contribution is 0.841. The average molecular weight is 200 g/mol. The van der Waals surface area contributed by atoms with Gasteiger partial charge in [0.25, 0.3) is 0 Å². The Balaban J connectivity index is 2.05. The van der Waals surface area contributed by atoms with Crippen molar-refractivity contribution in [2.24, 2.45) is 0 Å². The monoisotopic (exact) mass is 200 g/mol. The van der Waals surface area contributed by atoms with Gasteiger partial charge in [0.15, 0.2) is 5.82 Å². The fraction of sp³-hybridized carbons (Fsp3) is 0. The molecule has 2 N–H and O–H groups in total. The number of pyridine rings is 1. The van der Waals surface area contributed by atoms with Crippen molar-refractivity contribution in [2.75, 3.05) is 10.4 Å². The number of hydrazine groups is 2. The molecule has 0 unspecified atom stereocenters. The van der Waals surface area contributed by atoms with Crippen LogP contribution in [0.3, 0.4) is 0 Å². The minimum atomic E-state index is 0.731. The van der Waals surface area contributed by atoms with E-state index in [0.29, 0.717) is 0 Å². The molecule has 0 aromatic carbocycles. The first-order valence-corrected chi connectivity index (χ1v) is 4.47. The SMILES string of the molecule is c1cnc(N2NNc3cnccc32)cn1. The van der Waals surface area contributed by atoms with Gasteiger partial charge in [-0.1, -0.05) is 0 Å². The molecule has 0 spiro atoms. The Morgan fingerprint density at radius 1 is 1.07 bits per heavy atom. The lowest BCUT2D eigenvalue weighted by atomic mass is 10.3. The topological polar surface area (TPSA) is 66.0 Å². The normalized spacial score (nSPS) is 13.5. The van der Waals surface area contributed by atoms with Crippen LogP contribution in [0.2, 0.25) is 0 Å². The van der Waals surface area contributed by atoms with Crippen LogP contribution in [0.25, 0.3) is 0 Å². The summed E-state index contributed by atoms with van der Waals surface area (Å²) in [7, 11) is 0. The van der Waals surface area contributed by atoms with Gasteiger partial charge in [-0.05, 0) is 6.07 Å². The van der Waals surface area contributed by atoms with Gasteiger partial charge in [-0.3, -0.25) is 15.4 Å². The van der Waals surface area contributed by atoms with Crippen molar-refractivity contribution >= 4 is 17.2 Å². The smallest absolute Gasteiger partial charge is 0.167 e. The van der Waals surface area contributed by atoms with Gasteiger partial charge < -0.3 is 0 Å². The van der Waals surface area contributed by atoms with E-state index in [4.69, 9.17) is 0 Å². The Hall–Kier alpha value is -2.21. The number of anilines is 3. The second-order valence-electron chi connectivity index (χ2n) is 3.03. The number of nitrogens with one attached hydrogen (secondary N) is 2. The Bertz CT molecular complexity index is 471. The highest BCUT2D eigenvalue weighted by Gasteiger charge is 2.20. The number of nitrogens with zero attached hydrogens (tertiary/aromatic N) is 4. The van der Waals surface area contributed by atoms with Gasteiger partial charge in [0.05, 0.1) is 23.8 Å². The first kappa shape index (κ1) is 8.13. The summed E-state index contributed by atoms with van der Waals surface area (Å²) in [5, 5.41) is 1.81. The Kier molecular flexibility index (Phi) is 1.72. The zero-order valence-electron chi connectivity index (χ0n) is 7.75. The van der Waals surface area contributed by atoms with Crippen molar-refractivity contribution in [3.05, 3.63) is 37.1 Å². The predicted octanol–water partition coefficient (Wildman–Crippen LogP) is 0.855. The second-order valence-corrected chi connectivity index (χ2v) is 3.03. The number of aromatic nitrogens is 3. The summed E-state index contributed by atoms with van der Waals surface area (Å²) in [5.74, 6) is 0.731. The summed E-state index contributed by atoms with van der Waals surface area (Å²) in [6, 6.07) is 1.90. The van der Waals surface area contributed by atoms with Crippen molar-refractivity contribution in [3.63, 3.8) is 0 Å². The molecule has 3 heterocycles. The molecule has 0 saturated heterocycles. The fourth-order valence-corrected chi connectivity index (χ4v) is 1.44. The molecule has 1 aliphatic rings. The fourth-order valence-electron chi connectivity index (χ4n) is 1.44. The molecule has 0 amide bonds. The van der Waals surface area contributed by atoms with Crippen LogP contribution >= 0.6 is 0 Å². The van der Waals surface area contributed by atoms with Crippen molar-refractivity contribution in [2.45, 2.75) is 0 Å². The second kappa shape index (κ2) is 3.18. The van der Waals surface area contributed by atoms with Crippen LogP contribution in [0.1, 0.15) is 0 Å². The molecule has 6 heteroatoms. The summed E-state index contributed by atoms with van der Waals surface area (Å²) in [6.45, 7) is 0. The molecule has 0 aliphatic carbocycles. The molecular weight excluding hydrogens is 192 g/mol. The van der Waals surface area contributed by atoms with Gasteiger partial charge in [-0.2, -0.15) is 0 Å². The highest BCUT2D eigenvalue weighted by molar-refractivity contribution is 5.76. The maximum atomic E-state index is 4.20. The molecule has 0 saturated carbocycles. The van der Waals surface area contributed by atoms with Gasteiger partial charge in [-0.15, -0.1) is 5.53 Å². The molecule has 0 atom stereocenters. The molecule has 0 fully saturated rings. The van der Waals surface area contributed by atoms with Crippen molar-refractivity contribution < 1.29 is 0 Å². The third kappa shape index (κ3) is 1.27. The van der Waals surface area contributed by atoms with Crippen LogP contribution in [-0.2, 0) is 0 Å². The van der Waals surface area contributed by atoms with E-state index < -0.39 is 0 Å². The standard InChI is InChI=1S/C9H8N6/c1-2-10-5-7-8(1)15(14-13-7)9-6-11-3-4-12-9/h1-6,13-14H. The maximum Gasteiger partial charge on any atom is 0.167 e. The predicted molar refractivity (Wildman–Crippen MR) is 55.2 cm³/mol. The van der Waals surface area contributed by atoms with E-state index in [1.165, 1.54) is 0 Å². The molecule has 1 aliphatic heterocycles. The Morgan fingerprint density at radius 2 is 2.00 bits per heavy atom. The van der Waals surface area contributed by atoms with Crippen LogP contribution < -0.4 is 16.0 Å². The van der Waals surface area contributed by atoms with Crippen molar-refractivity contribution in [1.82, 2.24) is 20.5 Å². The zero-order chi connectivity index (χ0) is 10.1. The van der Waals surface area contributed by atoms with Crippen LogP contribution in [0, 0.1) is 0 Å². The van der Waals surface area contributed by atoms with Crippen LogP contribution in [0.15, 0.2) is 37.1 Å². The summed E-state index contributed by atoms with van der Waals surface area (Å²) in [6.07, 6.45) is 8.45. The van der Waals surface area contributed by atoms with E-state index in [1.54, 1.807) is 31.0 Å². The van der Waals surface area contributed by atoms with E-state index in [2.05, 4.69) is 25.9 Å². The third-order valence-electron chi connectivity index (χ3n) is 2.12. The van der Waals surface area contributed by atoms with Crippen LogP contribution in [0.4, 0.5) is 17.2 Å². The largest absolute Gasteiger partial charge is 0.300 e. The maximum absolute atomic E-state index is 4.20. The molecule has 15 heavy (non-hydrogen) atoms. The van der Waals surface area contributed by atoms with Gasteiger partial charge >= 0.3 is 0 Å². The quantitative estimate of drug-likeness (QED) is 0.711. The molecule has 3 rings (SSSR count). The molecule has 0 radical (unpaired) electrons. The first-order valence-electron chi connectivity index (χ1n) is 4.47. The molecule has 2 aromatic rings. The van der Waals surface area contributed by atoms with Gasteiger partial charge in [0.2, 0.25) is 0 Å². The number of hydrogen-bond donors (Lipinski definition) is 2. The number of rotatable bonds is 1. The van der Waals surface area contributed by atoms with Gasteiger partial charge in [-0.25, -0.2) is 9.99 Å².